The summed E-state index contributed by atoms with van der Waals surface area (Å²) < 4.78 is 5.35. The summed E-state index contributed by atoms with van der Waals surface area (Å²) in [7, 11) is 0. The van der Waals surface area contributed by atoms with Gasteiger partial charge in [0.05, 0.1) is 0 Å². The van der Waals surface area contributed by atoms with Crippen LogP contribution in [0.15, 0.2) is 0 Å². The number of ether oxygens (including phenoxy) is 1. The Labute approximate surface area is 68.1 Å². The van der Waals surface area contributed by atoms with Crippen molar-refractivity contribution in [2.75, 3.05) is 13.2 Å². The van der Waals surface area contributed by atoms with Gasteiger partial charge in [0.25, 0.3) is 0 Å². The minimum Gasteiger partial charge on any atom is -0.381 e. The molecule has 2 aliphatic rings. The van der Waals surface area contributed by atoms with Crippen LogP contribution >= 0.6 is 0 Å². The molecule has 1 spiro atoms. The van der Waals surface area contributed by atoms with Crippen LogP contribution in [-0.2, 0) is 4.74 Å². The standard InChI is InChI=1S/C9H17NO/c10-8-2-1-3-9(8)4-6-11-7-5-9/h8H,1-7,10H2. The van der Waals surface area contributed by atoms with Gasteiger partial charge in [-0.2, -0.15) is 0 Å². The third kappa shape index (κ3) is 1.18. The van der Waals surface area contributed by atoms with Crippen molar-refractivity contribution in [2.24, 2.45) is 11.1 Å². The van der Waals surface area contributed by atoms with E-state index in [1.165, 1.54) is 32.1 Å². The maximum absolute atomic E-state index is 6.09. The van der Waals surface area contributed by atoms with E-state index in [1.807, 2.05) is 0 Å². The Morgan fingerprint density at radius 2 is 1.91 bits per heavy atom. The molecular formula is C9H17NO. The first-order valence-electron chi connectivity index (χ1n) is 4.67. The number of rotatable bonds is 0. The lowest BCUT2D eigenvalue weighted by molar-refractivity contribution is 0.0105. The van der Waals surface area contributed by atoms with Gasteiger partial charge in [-0.1, -0.05) is 6.42 Å². The van der Waals surface area contributed by atoms with E-state index in [-0.39, 0.29) is 0 Å². The van der Waals surface area contributed by atoms with Crippen LogP contribution in [0.3, 0.4) is 0 Å². The van der Waals surface area contributed by atoms with Crippen LogP contribution < -0.4 is 5.73 Å². The fraction of sp³-hybridized carbons (Fsp3) is 1.00. The molecule has 2 rings (SSSR count). The van der Waals surface area contributed by atoms with Crippen molar-refractivity contribution in [3.63, 3.8) is 0 Å². The average Bonchev–Trinajstić information content (AvgIpc) is 2.36. The highest BCUT2D eigenvalue weighted by Crippen LogP contribution is 2.44. The Balaban J connectivity index is 2.06. The van der Waals surface area contributed by atoms with Gasteiger partial charge in [0.15, 0.2) is 0 Å². The van der Waals surface area contributed by atoms with Crippen molar-refractivity contribution in [3.05, 3.63) is 0 Å². The van der Waals surface area contributed by atoms with Crippen molar-refractivity contribution in [3.8, 4) is 0 Å². The largest absolute Gasteiger partial charge is 0.381 e. The Hall–Kier alpha value is -0.0800. The second-order valence-corrected chi connectivity index (χ2v) is 3.97. The number of hydrogen-bond donors (Lipinski definition) is 1. The third-order valence-electron chi connectivity index (χ3n) is 3.46. The lowest BCUT2D eigenvalue weighted by Gasteiger charge is -2.37. The molecule has 1 atom stereocenters. The molecule has 1 unspecified atom stereocenters. The zero-order valence-electron chi connectivity index (χ0n) is 7.01. The van der Waals surface area contributed by atoms with Crippen molar-refractivity contribution in [2.45, 2.75) is 38.1 Å². The van der Waals surface area contributed by atoms with Crippen molar-refractivity contribution >= 4 is 0 Å². The summed E-state index contributed by atoms with van der Waals surface area (Å²) in [6.45, 7) is 1.88. The second-order valence-electron chi connectivity index (χ2n) is 3.97. The van der Waals surface area contributed by atoms with Gasteiger partial charge in [-0.05, 0) is 31.1 Å². The van der Waals surface area contributed by atoms with E-state index in [0.717, 1.165) is 13.2 Å². The van der Waals surface area contributed by atoms with Crippen molar-refractivity contribution in [1.29, 1.82) is 0 Å². The highest BCUT2D eigenvalue weighted by molar-refractivity contribution is 4.95. The van der Waals surface area contributed by atoms with Gasteiger partial charge < -0.3 is 10.5 Å². The fourth-order valence-electron chi connectivity index (χ4n) is 2.56. The first-order chi connectivity index (χ1) is 5.33. The molecule has 1 aliphatic carbocycles. The highest BCUT2D eigenvalue weighted by Gasteiger charge is 2.41. The minimum absolute atomic E-state index is 0.464. The van der Waals surface area contributed by atoms with Gasteiger partial charge in [0.2, 0.25) is 0 Å². The van der Waals surface area contributed by atoms with Crippen LogP contribution in [0.2, 0.25) is 0 Å². The van der Waals surface area contributed by atoms with Gasteiger partial charge in [-0.3, -0.25) is 0 Å². The lowest BCUT2D eigenvalue weighted by atomic mass is 9.76. The summed E-state index contributed by atoms with van der Waals surface area (Å²) in [5.41, 5.74) is 6.57. The van der Waals surface area contributed by atoms with E-state index in [4.69, 9.17) is 10.5 Å². The Morgan fingerprint density at radius 1 is 1.18 bits per heavy atom. The van der Waals surface area contributed by atoms with Crippen LogP contribution in [-0.4, -0.2) is 19.3 Å². The van der Waals surface area contributed by atoms with Crippen LogP contribution in [0.25, 0.3) is 0 Å². The van der Waals surface area contributed by atoms with Crippen LogP contribution in [0.1, 0.15) is 32.1 Å². The highest BCUT2D eigenvalue weighted by atomic mass is 16.5. The molecule has 0 aromatic rings. The minimum atomic E-state index is 0.464. The van der Waals surface area contributed by atoms with Gasteiger partial charge in [-0.25, -0.2) is 0 Å². The molecule has 0 amide bonds. The molecule has 2 fully saturated rings. The molecule has 0 bridgehead atoms. The van der Waals surface area contributed by atoms with E-state index >= 15 is 0 Å². The normalized spacial score (nSPS) is 36.3. The van der Waals surface area contributed by atoms with E-state index in [2.05, 4.69) is 0 Å². The van der Waals surface area contributed by atoms with Gasteiger partial charge in [0.1, 0.15) is 0 Å². The summed E-state index contributed by atoms with van der Waals surface area (Å²) in [5.74, 6) is 0. The third-order valence-corrected chi connectivity index (χ3v) is 3.46. The van der Waals surface area contributed by atoms with Gasteiger partial charge in [0, 0.05) is 19.3 Å². The summed E-state index contributed by atoms with van der Waals surface area (Å²) in [6.07, 6.45) is 6.32. The first-order valence-corrected chi connectivity index (χ1v) is 4.67. The average molecular weight is 155 g/mol. The van der Waals surface area contributed by atoms with Crippen LogP contribution in [0, 0.1) is 5.41 Å². The van der Waals surface area contributed by atoms with Crippen molar-refractivity contribution < 1.29 is 4.74 Å². The molecule has 2 nitrogen and oxygen atoms in total. The van der Waals surface area contributed by atoms with E-state index in [9.17, 15) is 0 Å². The number of nitrogens with two attached hydrogens (primary N) is 1. The molecule has 0 aromatic heterocycles. The van der Waals surface area contributed by atoms with E-state index in [0.29, 0.717) is 11.5 Å². The first kappa shape index (κ1) is 7.56. The van der Waals surface area contributed by atoms with E-state index in [1.54, 1.807) is 0 Å². The predicted octanol–water partition coefficient (Wildman–Crippen LogP) is 1.29. The quantitative estimate of drug-likeness (QED) is 0.572. The number of hydrogen-bond acceptors (Lipinski definition) is 2. The Morgan fingerprint density at radius 3 is 2.45 bits per heavy atom. The maximum Gasteiger partial charge on any atom is 0.0471 e. The van der Waals surface area contributed by atoms with E-state index < -0.39 is 0 Å². The topological polar surface area (TPSA) is 35.2 Å². The second kappa shape index (κ2) is 2.76. The summed E-state index contributed by atoms with van der Waals surface area (Å²) in [6, 6.07) is 0.464. The molecule has 2 N–H and O–H groups in total. The van der Waals surface area contributed by atoms with Crippen molar-refractivity contribution in [1.82, 2.24) is 0 Å². The molecule has 1 saturated heterocycles. The molecule has 1 saturated carbocycles. The predicted molar refractivity (Wildman–Crippen MR) is 44.3 cm³/mol. The van der Waals surface area contributed by atoms with Crippen LogP contribution in [0.5, 0.6) is 0 Å². The zero-order chi connectivity index (χ0) is 7.73. The fourth-order valence-corrected chi connectivity index (χ4v) is 2.56. The molecule has 64 valence electrons. The monoisotopic (exact) mass is 155 g/mol. The molecule has 2 heteroatoms. The molecular weight excluding hydrogens is 138 g/mol. The lowest BCUT2D eigenvalue weighted by Crippen LogP contribution is -2.41. The Kier molecular flexibility index (Phi) is 1.90. The smallest absolute Gasteiger partial charge is 0.0471 e. The summed E-state index contributed by atoms with van der Waals surface area (Å²) >= 11 is 0. The Bertz CT molecular complexity index is 140. The van der Waals surface area contributed by atoms with Gasteiger partial charge >= 0.3 is 0 Å². The molecule has 0 radical (unpaired) electrons. The van der Waals surface area contributed by atoms with Crippen LogP contribution in [0.4, 0.5) is 0 Å². The molecule has 1 heterocycles. The summed E-state index contributed by atoms with van der Waals surface area (Å²) in [5, 5.41) is 0. The van der Waals surface area contributed by atoms with Gasteiger partial charge in [-0.15, -0.1) is 0 Å². The molecule has 1 aliphatic heterocycles. The maximum atomic E-state index is 6.09. The summed E-state index contributed by atoms with van der Waals surface area (Å²) in [4.78, 5) is 0. The SMILES string of the molecule is NC1CCCC12CCOCC2. The molecule has 0 aromatic carbocycles. The zero-order valence-corrected chi connectivity index (χ0v) is 7.01. The molecule has 11 heavy (non-hydrogen) atoms.